The molecule has 0 aromatic heterocycles. The number of hydrogen-bond acceptors (Lipinski definition) is 11. The summed E-state index contributed by atoms with van der Waals surface area (Å²) in [5, 5.41) is 75.3. The zero-order chi connectivity index (χ0) is 28.6. The van der Waals surface area contributed by atoms with Crippen molar-refractivity contribution in [2.45, 2.75) is 94.9 Å². The fraction of sp³-hybridized carbons (Fsp3) is 0.815. The van der Waals surface area contributed by atoms with Gasteiger partial charge in [-0.2, -0.15) is 0 Å². The van der Waals surface area contributed by atoms with Crippen LogP contribution in [0.4, 0.5) is 0 Å². The predicted molar refractivity (Wildman–Crippen MR) is 132 cm³/mol. The zero-order valence-electron chi connectivity index (χ0n) is 21.9. The SMILES string of the molecule is C[C@]12CCC(=O)C=C1CC[C@@H]1[C@@H]2[C@@H](O)C[C@@]2(C)[C@H]1CC[C@]2(O)C(=O)CO.O=C[C@H](O)[C@@H](O)[C@H](O)[C@H](O)CO. The van der Waals surface area contributed by atoms with E-state index in [1.165, 1.54) is 5.57 Å². The summed E-state index contributed by atoms with van der Waals surface area (Å²) < 4.78 is 0. The Labute approximate surface area is 221 Å². The smallest absolute Gasteiger partial charge is 0.190 e. The summed E-state index contributed by atoms with van der Waals surface area (Å²) in [7, 11) is 0. The molecule has 0 aromatic carbocycles. The van der Waals surface area contributed by atoms with Crippen molar-refractivity contribution < 1.29 is 55.2 Å². The summed E-state index contributed by atoms with van der Waals surface area (Å²) in [6.07, 6.45) is -1.10. The van der Waals surface area contributed by atoms with Crippen LogP contribution in [0.5, 0.6) is 0 Å². The number of aliphatic hydroxyl groups excluding tert-OH is 7. The lowest BCUT2D eigenvalue weighted by atomic mass is 9.45. The molecule has 38 heavy (non-hydrogen) atoms. The molecule has 8 N–H and O–H groups in total. The minimum absolute atomic E-state index is 0.0258. The minimum atomic E-state index is -1.79. The van der Waals surface area contributed by atoms with Gasteiger partial charge in [-0.1, -0.05) is 19.4 Å². The highest BCUT2D eigenvalue weighted by molar-refractivity contribution is 5.91. The van der Waals surface area contributed by atoms with Gasteiger partial charge in [0.05, 0.1) is 12.7 Å². The van der Waals surface area contributed by atoms with E-state index in [1.54, 1.807) is 6.08 Å². The number of hydrogen-bond donors (Lipinski definition) is 8. The molecule has 4 rings (SSSR count). The molecule has 11 heteroatoms. The Hall–Kier alpha value is -1.57. The first-order valence-electron chi connectivity index (χ1n) is 13.3. The molecule has 0 aromatic rings. The molecular formula is C27H42O11. The molecule has 0 heterocycles. The maximum Gasteiger partial charge on any atom is 0.190 e. The van der Waals surface area contributed by atoms with E-state index < -0.39 is 60.5 Å². The Balaban J connectivity index is 0.000000284. The molecule has 4 aliphatic carbocycles. The number of aldehydes is 1. The van der Waals surface area contributed by atoms with Crippen LogP contribution in [0.1, 0.15) is 58.8 Å². The lowest BCUT2D eigenvalue weighted by Crippen LogP contribution is -2.62. The van der Waals surface area contributed by atoms with E-state index in [0.29, 0.717) is 19.3 Å². The standard InChI is InChI=1S/C21H30O5.C6H12O6/c1-19-7-5-13(23)9-12(19)3-4-14-15-6-8-21(26,17(25)11-22)20(15,2)10-16(24)18(14)19;7-1-3(9)5(11)6(12)4(10)2-8/h9,14-16,18,22,24,26H,3-8,10-11H2,1-2H3;1,3-6,8-12H,2H2/t14-,15-,16-,18+,19-,20-,21-;3-,4+,5+,6+/m00/s1. The second-order valence-electron chi connectivity index (χ2n) is 11.9. The van der Waals surface area contributed by atoms with Crippen LogP contribution in [-0.2, 0) is 14.4 Å². The van der Waals surface area contributed by atoms with Gasteiger partial charge < -0.3 is 45.6 Å². The third-order valence-corrected chi connectivity index (χ3v) is 10.1. The molecule has 216 valence electrons. The summed E-state index contributed by atoms with van der Waals surface area (Å²) in [5.74, 6) is 0.140. The van der Waals surface area contributed by atoms with Crippen LogP contribution in [0.2, 0.25) is 0 Å². The van der Waals surface area contributed by atoms with Crippen molar-refractivity contribution >= 4 is 17.9 Å². The number of rotatable bonds is 7. The number of fused-ring (bicyclic) bond motifs is 5. The highest BCUT2D eigenvalue weighted by atomic mass is 16.4. The van der Waals surface area contributed by atoms with Gasteiger partial charge in [-0.05, 0) is 67.8 Å². The maximum absolute atomic E-state index is 12.4. The van der Waals surface area contributed by atoms with Gasteiger partial charge in [0.15, 0.2) is 17.9 Å². The first-order chi connectivity index (χ1) is 17.7. The quantitative estimate of drug-likeness (QED) is 0.172. The molecule has 0 bridgehead atoms. The van der Waals surface area contributed by atoms with Crippen molar-refractivity contribution in [3.05, 3.63) is 11.6 Å². The van der Waals surface area contributed by atoms with Gasteiger partial charge in [0.1, 0.15) is 36.6 Å². The summed E-state index contributed by atoms with van der Waals surface area (Å²) in [4.78, 5) is 34.2. The number of carbonyl (C=O) groups excluding carboxylic acids is 3. The van der Waals surface area contributed by atoms with E-state index in [2.05, 4.69) is 6.92 Å². The van der Waals surface area contributed by atoms with Crippen LogP contribution in [0.15, 0.2) is 11.6 Å². The summed E-state index contributed by atoms with van der Waals surface area (Å²) in [5.41, 5.74) is -1.23. The predicted octanol–water partition coefficient (Wildman–Crippen LogP) is -1.60. The van der Waals surface area contributed by atoms with Gasteiger partial charge in [-0.15, -0.1) is 0 Å². The first-order valence-corrected chi connectivity index (χ1v) is 13.3. The van der Waals surface area contributed by atoms with Crippen molar-refractivity contribution in [2.75, 3.05) is 13.2 Å². The third kappa shape index (κ3) is 5.03. The topological polar surface area (TPSA) is 213 Å². The summed E-state index contributed by atoms with van der Waals surface area (Å²) in [6, 6.07) is 0. The van der Waals surface area contributed by atoms with E-state index in [-0.39, 0.29) is 35.2 Å². The van der Waals surface area contributed by atoms with Crippen LogP contribution in [0, 0.1) is 28.6 Å². The van der Waals surface area contributed by atoms with Gasteiger partial charge in [-0.3, -0.25) is 9.59 Å². The second-order valence-corrected chi connectivity index (χ2v) is 11.9. The van der Waals surface area contributed by atoms with Crippen molar-refractivity contribution in [2.24, 2.45) is 28.6 Å². The molecule has 11 atom stereocenters. The molecule has 0 unspecified atom stereocenters. The lowest BCUT2D eigenvalue weighted by Gasteiger charge is -2.60. The monoisotopic (exact) mass is 542 g/mol. The number of carbonyl (C=O) groups is 3. The van der Waals surface area contributed by atoms with Gasteiger partial charge in [0.25, 0.3) is 0 Å². The Morgan fingerprint density at radius 3 is 2.32 bits per heavy atom. The Bertz CT molecular complexity index is 936. The van der Waals surface area contributed by atoms with E-state index in [0.717, 1.165) is 25.7 Å². The average molecular weight is 543 g/mol. The molecule has 0 saturated heterocycles. The molecular weight excluding hydrogens is 500 g/mol. The summed E-state index contributed by atoms with van der Waals surface area (Å²) >= 11 is 0. The minimum Gasteiger partial charge on any atom is -0.394 e. The number of ketones is 2. The molecule has 0 amide bonds. The van der Waals surface area contributed by atoms with E-state index in [4.69, 9.17) is 25.5 Å². The van der Waals surface area contributed by atoms with Crippen molar-refractivity contribution in [1.82, 2.24) is 0 Å². The first kappa shape index (κ1) is 31.0. The number of Topliss-reactive ketones (excluding diaryl/α,β-unsaturated/α-hetero) is 1. The molecule has 0 radical (unpaired) electrons. The second kappa shape index (κ2) is 11.5. The Morgan fingerprint density at radius 1 is 1.08 bits per heavy atom. The van der Waals surface area contributed by atoms with Crippen molar-refractivity contribution in [3.63, 3.8) is 0 Å². The zero-order valence-corrected chi connectivity index (χ0v) is 21.9. The number of allylic oxidation sites excluding steroid dienone is 1. The van der Waals surface area contributed by atoms with Crippen molar-refractivity contribution in [3.8, 4) is 0 Å². The Kier molecular flexibility index (Phi) is 9.37. The molecule has 3 fully saturated rings. The molecule has 11 nitrogen and oxygen atoms in total. The third-order valence-electron chi connectivity index (χ3n) is 10.1. The van der Waals surface area contributed by atoms with Crippen LogP contribution in [-0.4, -0.2) is 108 Å². The molecule has 0 spiro atoms. The highest BCUT2D eigenvalue weighted by Crippen LogP contribution is 2.67. The van der Waals surface area contributed by atoms with Crippen LogP contribution in [0.3, 0.4) is 0 Å². The van der Waals surface area contributed by atoms with Gasteiger partial charge in [0.2, 0.25) is 0 Å². The van der Waals surface area contributed by atoms with Crippen molar-refractivity contribution in [1.29, 1.82) is 0 Å². The molecule has 4 aliphatic rings. The van der Waals surface area contributed by atoms with E-state index in [1.807, 2.05) is 6.92 Å². The maximum atomic E-state index is 12.4. The average Bonchev–Trinajstić information content (AvgIpc) is 3.17. The molecule has 3 saturated carbocycles. The Morgan fingerprint density at radius 2 is 1.74 bits per heavy atom. The fourth-order valence-corrected chi connectivity index (χ4v) is 7.90. The van der Waals surface area contributed by atoms with E-state index >= 15 is 0 Å². The van der Waals surface area contributed by atoms with E-state index in [9.17, 15) is 29.7 Å². The number of aliphatic hydroxyl groups is 8. The normalized spacial score (nSPS) is 41.2. The lowest BCUT2D eigenvalue weighted by molar-refractivity contribution is -0.182. The van der Waals surface area contributed by atoms with Crippen LogP contribution in [0.25, 0.3) is 0 Å². The summed E-state index contributed by atoms with van der Waals surface area (Å²) in [6.45, 7) is 2.70. The molecule has 0 aliphatic heterocycles. The van der Waals surface area contributed by atoms with Gasteiger partial charge in [0, 0.05) is 11.8 Å². The van der Waals surface area contributed by atoms with Crippen LogP contribution >= 0.6 is 0 Å². The van der Waals surface area contributed by atoms with Gasteiger partial charge in [-0.25, -0.2) is 0 Å². The van der Waals surface area contributed by atoms with Gasteiger partial charge >= 0.3 is 0 Å². The fourth-order valence-electron chi connectivity index (χ4n) is 7.90. The van der Waals surface area contributed by atoms with Crippen LogP contribution < -0.4 is 0 Å². The largest absolute Gasteiger partial charge is 0.394 e. The highest BCUT2D eigenvalue weighted by Gasteiger charge is 2.68.